The molecule has 0 spiro atoms. The fraction of sp³-hybridized carbons (Fsp3) is 0. The summed E-state index contributed by atoms with van der Waals surface area (Å²) in [6.45, 7) is 0. The second-order valence-electron chi connectivity index (χ2n) is 3.52. The summed E-state index contributed by atoms with van der Waals surface area (Å²) in [6, 6.07) is 13.8. The minimum Gasteiger partial charge on any atom is -0.382 e. The molecule has 0 fully saturated rings. The van der Waals surface area contributed by atoms with Gasteiger partial charge in [0.05, 0.1) is 11.3 Å². The lowest BCUT2D eigenvalue weighted by molar-refractivity contribution is 0.947. The van der Waals surface area contributed by atoms with Gasteiger partial charge in [-0.25, -0.2) is 4.98 Å². The summed E-state index contributed by atoms with van der Waals surface area (Å²) in [4.78, 5) is 4.41. The molecular formula is C12H9N4. The number of pyridine rings is 1. The molecule has 0 unspecified atom stereocenters. The predicted octanol–water partition coefficient (Wildman–Crippen LogP) is 1.62. The van der Waals surface area contributed by atoms with Gasteiger partial charge in [0.2, 0.25) is 0 Å². The van der Waals surface area contributed by atoms with E-state index < -0.39 is 0 Å². The van der Waals surface area contributed by atoms with Crippen LogP contribution < -0.4 is 11.2 Å². The largest absolute Gasteiger partial charge is 0.382 e. The van der Waals surface area contributed by atoms with Crippen LogP contribution in [0.5, 0.6) is 0 Å². The summed E-state index contributed by atoms with van der Waals surface area (Å²) < 4.78 is 0. The van der Waals surface area contributed by atoms with Crippen molar-refractivity contribution in [3.05, 3.63) is 48.0 Å². The highest BCUT2D eigenvalue weighted by Gasteiger charge is 2.16. The Balaban J connectivity index is 2.07. The number of aromatic nitrogens is 1. The molecule has 0 atom stereocenters. The van der Waals surface area contributed by atoms with E-state index in [1.54, 1.807) is 0 Å². The standard InChI is InChI=1S/C12H9N4/c13-11-9-6-7-10(14-12(9)16-15-11)8-4-2-1-3-5-8/h1-7H,(H2,13,15). The lowest BCUT2D eigenvalue weighted by Crippen LogP contribution is -2.09. The second kappa shape index (κ2) is 3.34. The third-order valence-electron chi connectivity index (χ3n) is 2.47. The summed E-state index contributed by atoms with van der Waals surface area (Å²) in [6.07, 6.45) is 0. The van der Waals surface area contributed by atoms with Gasteiger partial charge in [-0.3, -0.25) is 0 Å². The lowest BCUT2D eigenvalue weighted by Gasteiger charge is -2.02. The first-order chi connectivity index (χ1) is 7.84. The highest BCUT2D eigenvalue weighted by atomic mass is 15.4. The lowest BCUT2D eigenvalue weighted by atomic mass is 10.1. The molecule has 1 radical (unpaired) electrons. The van der Waals surface area contributed by atoms with Gasteiger partial charge in [-0.15, -0.1) is 10.5 Å². The van der Waals surface area contributed by atoms with Gasteiger partial charge in [0.25, 0.3) is 0 Å². The smallest absolute Gasteiger partial charge is 0.186 e. The topological polar surface area (TPSA) is 65.4 Å². The molecule has 1 aromatic carbocycles. The van der Waals surface area contributed by atoms with Crippen LogP contribution in [0.2, 0.25) is 0 Å². The van der Waals surface area contributed by atoms with Crippen molar-refractivity contribution in [1.29, 1.82) is 0 Å². The van der Waals surface area contributed by atoms with Crippen LogP contribution in [-0.4, -0.2) is 10.8 Å². The van der Waals surface area contributed by atoms with Crippen molar-refractivity contribution in [3.8, 4) is 11.3 Å². The van der Waals surface area contributed by atoms with Crippen LogP contribution >= 0.6 is 0 Å². The van der Waals surface area contributed by atoms with Crippen molar-refractivity contribution in [2.75, 3.05) is 0 Å². The average molecular weight is 209 g/mol. The van der Waals surface area contributed by atoms with Gasteiger partial charge in [-0.2, -0.15) is 0 Å². The van der Waals surface area contributed by atoms with Crippen LogP contribution in [0.25, 0.3) is 11.3 Å². The molecule has 16 heavy (non-hydrogen) atoms. The summed E-state index contributed by atoms with van der Waals surface area (Å²) in [5, 5.41) is 3.80. The first-order valence-electron chi connectivity index (χ1n) is 4.95. The number of hydrogen-bond acceptors (Lipinski definition) is 3. The third-order valence-corrected chi connectivity index (χ3v) is 2.47. The molecule has 2 aromatic rings. The average Bonchev–Trinajstić information content (AvgIpc) is 2.72. The maximum Gasteiger partial charge on any atom is 0.186 e. The monoisotopic (exact) mass is 209 g/mol. The van der Waals surface area contributed by atoms with E-state index in [0.717, 1.165) is 16.8 Å². The Hall–Kier alpha value is -2.36. The van der Waals surface area contributed by atoms with E-state index >= 15 is 0 Å². The molecule has 1 aliphatic heterocycles. The molecule has 0 saturated carbocycles. The summed E-state index contributed by atoms with van der Waals surface area (Å²) >= 11 is 0. The number of amidine groups is 1. The molecule has 2 N–H and O–H groups in total. The van der Waals surface area contributed by atoms with E-state index in [4.69, 9.17) is 5.73 Å². The van der Waals surface area contributed by atoms with Gasteiger partial charge in [0, 0.05) is 5.56 Å². The first-order valence-corrected chi connectivity index (χ1v) is 4.95. The summed E-state index contributed by atoms with van der Waals surface area (Å²) in [7, 11) is 0. The Labute approximate surface area is 92.8 Å². The molecular weight excluding hydrogens is 200 g/mol. The summed E-state index contributed by atoms with van der Waals surface area (Å²) in [5.74, 6) is 1.03. The van der Waals surface area contributed by atoms with Crippen molar-refractivity contribution in [1.82, 2.24) is 10.4 Å². The fourth-order valence-electron chi connectivity index (χ4n) is 1.65. The predicted molar refractivity (Wildman–Crippen MR) is 62.2 cm³/mol. The van der Waals surface area contributed by atoms with E-state index in [-0.39, 0.29) is 0 Å². The molecule has 0 amide bonds. The van der Waals surface area contributed by atoms with Crippen LogP contribution in [0.15, 0.2) is 47.6 Å². The molecule has 0 saturated heterocycles. The Morgan fingerprint density at radius 2 is 1.75 bits per heavy atom. The molecule has 1 aliphatic rings. The number of nitrogens with two attached hydrogens (primary N) is 1. The Morgan fingerprint density at radius 3 is 2.56 bits per heavy atom. The molecule has 0 bridgehead atoms. The fourth-order valence-corrected chi connectivity index (χ4v) is 1.65. The van der Waals surface area contributed by atoms with Gasteiger partial charge in [-0.1, -0.05) is 30.3 Å². The van der Waals surface area contributed by atoms with Gasteiger partial charge in [-0.05, 0) is 12.1 Å². The van der Waals surface area contributed by atoms with Crippen LogP contribution in [0.3, 0.4) is 0 Å². The van der Waals surface area contributed by atoms with Gasteiger partial charge < -0.3 is 5.73 Å². The van der Waals surface area contributed by atoms with Crippen molar-refractivity contribution in [3.63, 3.8) is 0 Å². The van der Waals surface area contributed by atoms with Gasteiger partial charge >= 0.3 is 0 Å². The SMILES string of the molecule is NC1=N[N]c2nc(-c3ccccc3)ccc21. The quantitative estimate of drug-likeness (QED) is 0.775. The number of nitrogens with zero attached hydrogens (tertiary/aromatic N) is 3. The van der Waals surface area contributed by atoms with E-state index in [9.17, 15) is 0 Å². The van der Waals surface area contributed by atoms with Crippen LogP contribution in [0.4, 0.5) is 5.82 Å². The van der Waals surface area contributed by atoms with Crippen molar-refractivity contribution in [2.24, 2.45) is 10.8 Å². The molecule has 0 aliphatic carbocycles. The number of fused-ring (bicyclic) bond motifs is 1. The molecule has 3 rings (SSSR count). The minimum absolute atomic E-state index is 0.433. The maximum atomic E-state index is 5.65. The van der Waals surface area contributed by atoms with E-state index in [1.165, 1.54) is 0 Å². The highest BCUT2D eigenvalue weighted by molar-refractivity contribution is 6.03. The molecule has 2 heterocycles. The number of hydrogen-bond donors (Lipinski definition) is 1. The van der Waals surface area contributed by atoms with E-state index in [2.05, 4.69) is 15.5 Å². The zero-order valence-corrected chi connectivity index (χ0v) is 8.46. The number of benzene rings is 1. The second-order valence-corrected chi connectivity index (χ2v) is 3.52. The maximum absolute atomic E-state index is 5.65. The minimum atomic E-state index is 0.433. The first kappa shape index (κ1) is 8.91. The Bertz CT molecular complexity index is 560. The van der Waals surface area contributed by atoms with Crippen LogP contribution in [-0.2, 0) is 0 Å². The van der Waals surface area contributed by atoms with Crippen molar-refractivity contribution in [2.45, 2.75) is 0 Å². The van der Waals surface area contributed by atoms with Crippen molar-refractivity contribution < 1.29 is 0 Å². The van der Waals surface area contributed by atoms with Crippen molar-refractivity contribution >= 4 is 11.7 Å². The third kappa shape index (κ3) is 1.32. The highest BCUT2D eigenvalue weighted by Crippen LogP contribution is 2.24. The molecule has 4 heteroatoms. The van der Waals surface area contributed by atoms with E-state index in [0.29, 0.717) is 11.7 Å². The Kier molecular flexibility index (Phi) is 1.86. The molecule has 1 aromatic heterocycles. The van der Waals surface area contributed by atoms with E-state index in [1.807, 2.05) is 42.5 Å². The van der Waals surface area contributed by atoms with Crippen LogP contribution in [0, 0.1) is 0 Å². The molecule has 77 valence electrons. The zero-order valence-electron chi connectivity index (χ0n) is 8.46. The zero-order chi connectivity index (χ0) is 11.0. The summed E-state index contributed by atoms with van der Waals surface area (Å²) in [5.41, 5.74) is 12.3. The normalized spacial score (nSPS) is 12.9. The van der Waals surface area contributed by atoms with Gasteiger partial charge in [0.1, 0.15) is 0 Å². The molecule has 4 nitrogen and oxygen atoms in total. The number of rotatable bonds is 1. The van der Waals surface area contributed by atoms with Crippen LogP contribution in [0.1, 0.15) is 5.56 Å². The van der Waals surface area contributed by atoms with Gasteiger partial charge in [0.15, 0.2) is 11.7 Å². The Morgan fingerprint density at radius 1 is 0.938 bits per heavy atom.